The van der Waals surface area contributed by atoms with E-state index in [1.54, 1.807) is 37.4 Å². The molecule has 146 valence electrons. The van der Waals surface area contributed by atoms with E-state index < -0.39 is 11.7 Å². The fourth-order valence-corrected chi connectivity index (χ4v) is 3.57. The van der Waals surface area contributed by atoms with Crippen molar-refractivity contribution in [2.45, 2.75) is 13.8 Å². The number of pyridine rings is 1. The topological polar surface area (TPSA) is 68.0 Å². The zero-order valence-corrected chi connectivity index (χ0v) is 17.7. The second-order valence-electron chi connectivity index (χ2n) is 6.56. The maximum Gasteiger partial charge on any atom is 0.257 e. The van der Waals surface area contributed by atoms with Crippen LogP contribution < -0.4 is 5.32 Å². The van der Waals surface area contributed by atoms with Crippen molar-refractivity contribution in [1.29, 1.82) is 0 Å². The lowest BCUT2D eigenvalue weighted by Crippen LogP contribution is -2.14. The first-order valence-corrected chi connectivity index (χ1v) is 9.79. The van der Waals surface area contributed by atoms with Gasteiger partial charge in [-0.15, -0.1) is 0 Å². The highest BCUT2D eigenvalue weighted by Crippen LogP contribution is 2.32. The molecule has 8 heteroatoms. The molecule has 0 saturated carbocycles. The van der Waals surface area contributed by atoms with Crippen LogP contribution in [0.2, 0.25) is 5.02 Å². The summed E-state index contributed by atoms with van der Waals surface area (Å²) in [5.74, 6) is -0.753. The summed E-state index contributed by atoms with van der Waals surface area (Å²) in [4.78, 5) is 21.2. The molecular formula is C21H14BrClFN3O2. The Balaban J connectivity index is 1.73. The smallest absolute Gasteiger partial charge is 0.257 e. The number of aryl methyl sites for hydroxylation is 1. The van der Waals surface area contributed by atoms with Crippen molar-refractivity contribution in [2.75, 3.05) is 5.32 Å². The molecule has 5 nitrogen and oxygen atoms in total. The predicted octanol–water partition coefficient (Wildman–Crippen LogP) is 6.31. The Labute approximate surface area is 179 Å². The Morgan fingerprint density at radius 1 is 1.21 bits per heavy atom. The lowest BCUT2D eigenvalue weighted by atomic mass is 10.1. The molecule has 2 heterocycles. The average molecular weight is 475 g/mol. The predicted molar refractivity (Wildman–Crippen MR) is 114 cm³/mol. The van der Waals surface area contributed by atoms with E-state index in [-0.39, 0.29) is 5.89 Å². The number of anilines is 1. The minimum absolute atomic E-state index is 0.214. The number of carbonyl (C=O) groups is 1. The third-order valence-corrected chi connectivity index (χ3v) is 5.18. The van der Waals surface area contributed by atoms with Gasteiger partial charge in [0, 0.05) is 28.0 Å². The van der Waals surface area contributed by atoms with Gasteiger partial charge in [0.05, 0.1) is 10.6 Å². The number of nitrogens with one attached hydrogen (secondary N) is 1. The first-order valence-electron chi connectivity index (χ1n) is 8.62. The van der Waals surface area contributed by atoms with Crippen LogP contribution in [0.25, 0.3) is 22.7 Å². The number of benzene rings is 2. The highest BCUT2D eigenvalue weighted by Gasteiger charge is 2.18. The van der Waals surface area contributed by atoms with Crippen LogP contribution in [0.3, 0.4) is 0 Å². The second kappa shape index (κ2) is 7.57. The third kappa shape index (κ3) is 3.88. The molecule has 1 amide bonds. The maximum atomic E-state index is 14.3. The van der Waals surface area contributed by atoms with Gasteiger partial charge in [0.15, 0.2) is 11.2 Å². The maximum absolute atomic E-state index is 14.3. The molecule has 0 spiro atoms. The summed E-state index contributed by atoms with van der Waals surface area (Å²) in [6, 6.07) is 9.40. The van der Waals surface area contributed by atoms with Crippen molar-refractivity contribution in [3.8, 4) is 11.5 Å². The first kappa shape index (κ1) is 19.5. The fourth-order valence-electron chi connectivity index (χ4n) is 2.94. The van der Waals surface area contributed by atoms with Crippen molar-refractivity contribution in [2.24, 2.45) is 0 Å². The van der Waals surface area contributed by atoms with Crippen LogP contribution in [0.1, 0.15) is 21.5 Å². The SMILES string of the molecule is Cc1ccc(C(=O)Nc2cc(F)cc(-c3nc4ncc(Br)cc4o3)c2C)c(Cl)c1. The van der Waals surface area contributed by atoms with E-state index in [0.717, 1.165) is 10.0 Å². The Morgan fingerprint density at radius 3 is 2.76 bits per heavy atom. The van der Waals surface area contributed by atoms with Crippen LogP contribution in [0.15, 0.2) is 51.5 Å². The summed E-state index contributed by atoms with van der Waals surface area (Å²) in [6.07, 6.45) is 1.60. The summed E-state index contributed by atoms with van der Waals surface area (Å²) in [6.45, 7) is 3.63. The molecule has 0 aliphatic rings. The largest absolute Gasteiger partial charge is 0.434 e. The number of carbonyl (C=O) groups excluding carboxylic acids is 1. The molecule has 29 heavy (non-hydrogen) atoms. The summed E-state index contributed by atoms with van der Waals surface area (Å²) < 4.78 is 20.8. The number of rotatable bonds is 3. The standard InChI is InChI=1S/C21H14BrClFN3O2/c1-10-3-4-14(16(23)5-10)20(28)26-17-8-13(24)7-15(11(17)2)21-27-19-18(29-21)6-12(22)9-25-19/h3-9H,1-2H3,(H,26,28). The summed E-state index contributed by atoms with van der Waals surface area (Å²) in [7, 11) is 0. The third-order valence-electron chi connectivity index (χ3n) is 4.43. The van der Waals surface area contributed by atoms with Gasteiger partial charge in [0.2, 0.25) is 5.89 Å². The number of amides is 1. The van der Waals surface area contributed by atoms with Gasteiger partial charge in [-0.3, -0.25) is 4.79 Å². The van der Waals surface area contributed by atoms with Gasteiger partial charge in [-0.2, -0.15) is 4.98 Å². The van der Waals surface area contributed by atoms with Crippen LogP contribution in [0.4, 0.5) is 10.1 Å². The Hall–Kier alpha value is -2.77. The van der Waals surface area contributed by atoms with Crippen molar-refractivity contribution < 1.29 is 13.6 Å². The summed E-state index contributed by atoms with van der Waals surface area (Å²) in [5.41, 5.74) is 3.44. The van der Waals surface area contributed by atoms with Gasteiger partial charge in [0.1, 0.15) is 5.82 Å². The van der Waals surface area contributed by atoms with Crippen molar-refractivity contribution in [3.05, 3.63) is 74.6 Å². The number of hydrogen-bond acceptors (Lipinski definition) is 4. The molecular weight excluding hydrogens is 461 g/mol. The van der Waals surface area contributed by atoms with Gasteiger partial charge in [-0.25, -0.2) is 9.37 Å². The normalized spacial score (nSPS) is 11.1. The van der Waals surface area contributed by atoms with E-state index in [0.29, 0.717) is 38.6 Å². The monoisotopic (exact) mass is 473 g/mol. The minimum atomic E-state index is -0.535. The molecule has 1 N–H and O–H groups in total. The van der Waals surface area contributed by atoms with E-state index >= 15 is 0 Å². The first-order chi connectivity index (χ1) is 13.8. The molecule has 0 bridgehead atoms. The molecule has 2 aromatic heterocycles. The fraction of sp³-hybridized carbons (Fsp3) is 0.0952. The molecule has 0 saturated heterocycles. The Bertz CT molecular complexity index is 1270. The zero-order valence-electron chi connectivity index (χ0n) is 15.4. The van der Waals surface area contributed by atoms with Crippen LogP contribution in [-0.4, -0.2) is 15.9 Å². The van der Waals surface area contributed by atoms with Gasteiger partial charge >= 0.3 is 0 Å². The number of halogens is 3. The van der Waals surface area contributed by atoms with E-state index in [9.17, 15) is 9.18 Å². The quantitative estimate of drug-likeness (QED) is 0.377. The molecule has 0 unspecified atom stereocenters. The molecule has 0 aliphatic heterocycles. The van der Waals surface area contributed by atoms with E-state index in [1.165, 1.54) is 12.1 Å². The zero-order chi connectivity index (χ0) is 20.7. The van der Waals surface area contributed by atoms with Crippen molar-refractivity contribution in [3.63, 3.8) is 0 Å². The van der Waals surface area contributed by atoms with E-state index in [1.807, 2.05) is 6.92 Å². The van der Waals surface area contributed by atoms with Gasteiger partial charge in [-0.1, -0.05) is 17.7 Å². The van der Waals surface area contributed by atoms with Crippen molar-refractivity contribution in [1.82, 2.24) is 9.97 Å². The second-order valence-corrected chi connectivity index (χ2v) is 7.88. The van der Waals surface area contributed by atoms with E-state index in [2.05, 4.69) is 31.2 Å². The summed E-state index contributed by atoms with van der Waals surface area (Å²) >= 11 is 9.50. The Kier molecular flexibility index (Phi) is 5.10. The molecule has 0 radical (unpaired) electrons. The number of nitrogens with zero attached hydrogens (tertiary/aromatic N) is 2. The van der Waals surface area contributed by atoms with E-state index in [4.69, 9.17) is 16.0 Å². The lowest BCUT2D eigenvalue weighted by molar-refractivity contribution is 0.102. The van der Waals surface area contributed by atoms with Crippen molar-refractivity contribution >= 4 is 50.4 Å². The van der Waals surface area contributed by atoms with Gasteiger partial charge in [0.25, 0.3) is 5.91 Å². The molecule has 0 fully saturated rings. The minimum Gasteiger partial charge on any atom is -0.434 e. The van der Waals surface area contributed by atoms with Crippen LogP contribution in [-0.2, 0) is 0 Å². The molecule has 4 rings (SSSR count). The lowest BCUT2D eigenvalue weighted by Gasteiger charge is -2.12. The molecule has 0 aliphatic carbocycles. The van der Waals surface area contributed by atoms with Gasteiger partial charge < -0.3 is 9.73 Å². The van der Waals surface area contributed by atoms with Crippen LogP contribution in [0.5, 0.6) is 0 Å². The Morgan fingerprint density at radius 2 is 2.00 bits per heavy atom. The number of aromatic nitrogens is 2. The highest BCUT2D eigenvalue weighted by atomic mass is 79.9. The number of oxazole rings is 1. The van der Waals surface area contributed by atoms with Crippen LogP contribution in [0, 0.1) is 19.7 Å². The molecule has 0 atom stereocenters. The summed E-state index contributed by atoms with van der Waals surface area (Å²) in [5, 5.41) is 3.05. The molecule has 4 aromatic rings. The average Bonchev–Trinajstić information content (AvgIpc) is 3.07. The number of fused-ring (bicyclic) bond motifs is 1. The van der Waals surface area contributed by atoms with Gasteiger partial charge in [-0.05, 0) is 65.2 Å². The van der Waals surface area contributed by atoms with Crippen LogP contribution >= 0.6 is 27.5 Å². The number of hydrogen-bond donors (Lipinski definition) is 1. The molecule has 2 aromatic carbocycles. The highest BCUT2D eigenvalue weighted by molar-refractivity contribution is 9.10.